The lowest BCUT2D eigenvalue weighted by Crippen LogP contribution is -2.40. The van der Waals surface area contributed by atoms with Gasteiger partial charge >= 0.3 is 0 Å². The fraction of sp³-hybridized carbons (Fsp3) is 0.231. The second kappa shape index (κ2) is 5.08. The zero-order valence-electron chi connectivity index (χ0n) is 10.1. The first-order valence-corrected chi connectivity index (χ1v) is 6.73. The minimum Gasteiger partial charge on any atom is -0.342 e. The number of benzene rings is 1. The summed E-state index contributed by atoms with van der Waals surface area (Å²) >= 11 is 7.09. The summed E-state index contributed by atoms with van der Waals surface area (Å²) in [5.41, 5.74) is 2.15. The molecule has 0 aliphatic heterocycles. The quantitative estimate of drug-likeness (QED) is 0.935. The molecule has 0 spiro atoms. The molecule has 1 aromatic heterocycles. The molecular formula is C13H13ClN2OS. The fourth-order valence-electron chi connectivity index (χ4n) is 1.65. The van der Waals surface area contributed by atoms with E-state index in [-0.39, 0.29) is 11.1 Å². The van der Waals surface area contributed by atoms with Crippen LogP contribution in [-0.4, -0.2) is 10.9 Å². The van der Waals surface area contributed by atoms with Crippen LogP contribution >= 0.6 is 22.9 Å². The van der Waals surface area contributed by atoms with Crippen LogP contribution in [0.4, 0.5) is 0 Å². The Hall–Kier alpha value is -1.39. The van der Waals surface area contributed by atoms with Crippen molar-refractivity contribution in [3.05, 3.63) is 51.4 Å². The molecule has 0 saturated heterocycles. The number of amides is 1. The highest BCUT2D eigenvalue weighted by Crippen LogP contribution is 2.23. The van der Waals surface area contributed by atoms with Gasteiger partial charge < -0.3 is 5.32 Å². The molecule has 1 N–H and O–H groups in total. The van der Waals surface area contributed by atoms with Crippen molar-refractivity contribution in [3.63, 3.8) is 0 Å². The van der Waals surface area contributed by atoms with E-state index in [0.717, 1.165) is 5.56 Å². The van der Waals surface area contributed by atoms with Crippen molar-refractivity contribution in [3.8, 4) is 0 Å². The summed E-state index contributed by atoms with van der Waals surface area (Å²) in [6, 6.07) is 9.80. The summed E-state index contributed by atoms with van der Waals surface area (Å²) in [7, 11) is 0. The smallest absolute Gasteiger partial charge is 0.265 e. The Morgan fingerprint density at radius 3 is 2.56 bits per heavy atom. The maximum atomic E-state index is 12.1. The van der Waals surface area contributed by atoms with Crippen LogP contribution in [0.3, 0.4) is 0 Å². The Kier molecular flexibility index (Phi) is 3.68. The van der Waals surface area contributed by atoms with Gasteiger partial charge in [-0.1, -0.05) is 41.9 Å². The molecular weight excluding hydrogens is 268 g/mol. The average Bonchev–Trinajstić information content (AvgIpc) is 2.76. The van der Waals surface area contributed by atoms with Gasteiger partial charge in [0, 0.05) is 0 Å². The van der Waals surface area contributed by atoms with Gasteiger partial charge in [0.1, 0.15) is 4.88 Å². The van der Waals surface area contributed by atoms with Crippen LogP contribution in [0, 0.1) is 0 Å². The second-order valence-corrected chi connectivity index (χ2v) is 5.63. The van der Waals surface area contributed by atoms with Crippen molar-refractivity contribution >= 4 is 28.8 Å². The lowest BCUT2D eigenvalue weighted by molar-refractivity contribution is 0.0916. The molecule has 18 heavy (non-hydrogen) atoms. The van der Waals surface area contributed by atoms with E-state index in [1.54, 1.807) is 5.51 Å². The first-order valence-electron chi connectivity index (χ1n) is 5.48. The number of halogens is 1. The Morgan fingerprint density at radius 1 is 1.33 bits per heavy atom. The van der Waals surface area contributed by atoms with E-state index in [2.05, 4.69) is 10.3 Å². The molecule has 2 rings (SSSR count). The molecule has 5 heteroatoms. The number of carbonyl (C=O) groups excluding carboxylic acids is 1. The first kappa shape index (κ1) is 13.1. The molecule has 0 aliphatic rings. The number of thiazole rings is 1. The lowest BCUT2D eigenvalue weighted by atomic mass is 9.94. The highest BCUT2D eigenvalue weighted by Gasteiger charge is 2.25. The third kappa shape index (κ3) is 2.71. The van der Waals surface area contributed by atoms with Crippen molar-refractivity contribution in [2.24, 2.45) is 0 Å². The zero-order chi connectivity index (χ0) is 13.2. The summed E-state index contributed by atoms with van der Waals surface area (Å²) < 4.78 is 0. The lowest BCUT2D eigenvalue weighted by Gasteiger charge is -2.26. The van der Waals surface area contributed by atoms with E-state index in [9.17, 15) is 4.79 Å². The van der Waals surface area contributed by atoms with Crippen molar-refractivity contribution in [2.75, 3.05) is 0 Å². The Balaban J connectivity index is 2.19. The Morgan fingerprint density at radius 2 is 2.00 bits per heavy atom. The molecule has 94 valence electrons. The van der Waals surface area contributed by atoms with Gasteiger partial charge in [-0.25, -0.2) is 4.98 Å². The maximum Gasteiger partial charge on any atom is 0.265 e. The van der Waals surface area contributed by atoms with Gasteiger partial charge in [0.15, 0.2) is 5.15 Å². The topological polar surface area (TPSA) is 42.0 Å². The van der Waals surface area contributed by atoms with Crippen molar-refractivity contribution in [1.82, 2.24) is 10.3 Å². The molecule has 1 heterocycles. The molecule has 0 aliphatic carbocycles. The second-order valence-electron chi connectivity index (χ2n) is 4.42. The highest BCUT2D eigenvalue weighted by molar-refractivity contribution is 7.12. The fourth-order valence-corrected chi connectivity index (χ4v) is 2.55. The summed E-state index contributed by atoms with van der Waals surface area (Å²) in [6.07, 6.45) is 0. The minimum atomic E-state index is -0.453. The third-order valence-corrected chi connectivity index (χ3v) is 3.88. The van der Waals surface area contributed by atoms with Crippen LogP contribution in [0.15, 0.2) is 35.8 Å². The van der Waals surface area contributed by atoms with Crippen LogP contribution in [-0.2, 0) is 5.54 Å². The molecule has 0 saturated carbocycles. The summed E-state index contributed by atoms with van der Waals surface area (Å²) in [4.78, 5) is 16.4. The van der Waals surface area contributed by atoms with Crippen LogP contribution in [0.5, 0.6) is 0 Å². The molecule has 0 bridgehead atoms. The largest absolute Gasteiger partial charge is 0.342 e. The zero-order valence-corrected chi connectivity index (χ0v) is 11.7. The molecule has 0 radical (unpaired) electrons. The molecule has 3 nitrogen and oxygen atoms in total. The Labute approximate surface area is 115 Å². The monoisotopic (exact) mass is 280 g/mol. The van der Waals surface area contributed by atoms with Gasteiger partial charge in [0.05, 0.1) is 11.0 Å². The summed E-state index contributed by atoms with van der Waals surface area (Å²) in [5.74, 6) is -0.198. The van der Waals surface area contributed by atoms with Crippen molar-refractivity contribution in [1.29, 1.82) is 0 Å². The molecule has 1 aromatic carbocycles. The van der Waals surface area contributed by atoms with Crippen LogP contribution in [0.25, 0.3) is 0 Å². The van der Waals surface area contributed by atoms with Crippen LogP contribution in [0.1, 0.15) is 29.1 Å². The number of aromatic nitrogens is 1. The van der Waals surface area contributed by atoms with E-state index in [1.165, 1.54) is 11.3 Å². The summed E-state index contributed by atoms with van der Waals surface area (Å²) in [6.45, 7) is 3.91. The number of hydrogen-bond acceptors (Lipinski definition) is 3. The van der Waals surface area contributed by atoms with Crippen molar-refractivity contribution < 1.29 is 4.79 Å². The van der Waals surface area contributed by atoms with Gasteiger partial charge in [-0.05, 0) is 19.4 Å². The maximum absolute atomic E-state index is 12.1. The van der Waals surface area contributed by atoms with Gasteiger partial charge in [0.25, 0.3) is 5.91 Å². The van der Waals surface area contributed by atoms with Crippen LogP contribution < -0.4 is 5.32 Å². The standard InChI is InChI=1S/C13H13ClN2OS/c1-13(2,9-6-4-3-5-7-9)16-12(17)10-11(14)15-8-18-10/h3-8H,1-2H3,(H,16,17). The van der Waals surface area contributed by atoms with Crippen LogP contribution in [0.2, 0.25) is 5.15 Å². The molecule has 0 atom stereocenters. The molecule has 1 amide bonds. The molecule has 2 aromatic rings. The first-order chi connectivity index (χ1) is 8.50. The van der Waals surface area contributed by atoms with Gasteiger partial charge in [-0.2, -0.15) is 0 Å². The predicted octanol–water partition coefficient (Wildman–Crippen LogP) is 3.46. The predicted molar refractivity (Wildman–Crippen MR) is 74.1 cm³/mol. The number of carbonyl (C=O) groups is 1. The van der Waals surface area contributed by atoms with E-state index in [4.69, 9.17) is 11.6 Å². The van der Waals surface area contributed by atoms with Gasteiger partial charge in [-0.15, -0.1) is 11.3 Å². The number of hydrogen-bond donors (Lipinski definition) is 1. The number of nitrogens with zero attached hydrogens (tertiary/aromatic N) is 1. The normalized spacial score (nSPS) is 11.3. The van der Waals surface area contributed by atoms with E-state index in [0.29, 0.717) is 4.88 Å². The van der Waals surface area contributed by atoms with E-state index < -0.39 is 5.54 Å². The highest BCUT2D eigenvalue weighted by atomic mass is 35.5. The SMILES string of the molecule is CC(C)(NC(=O)c1scnc1Cl)c1ccccc1. The van der Waals surface area contributed by atoms with Crippen molar-refractivity contribution in [2.45, 2.75) is 19.4 Å². The number of rotatable bonds is 3. The minimum absolute atomic E-state index is 0.198. The average molecular weight is 281 g/mol. The van der Waals surface area contributed by atoms with Gasteiger partial charge in [0.2, 0.25) is 0 Å². The number of nitrogens with one attached hydrogen (secondary N) is 1. The third-order valence-electron chi connectivity index (χ3n) is 2.65. The molecule has 0 fully saturated rings. The molecule has 0 unspecified atom stereocenters. The van der Waals surface area contributed by atoms with Gasteiger partial charge in [-0.3, -0.25) is 4.79 Å². The van der Waals surface area contributed by atoms with E-state index >= 15 is 0 Å². The van der Waals surface area contributed by atoms with E-state index in [1.807, 2.05) is 44.2 Å². The Bertz CT molecular complexity index is 551. The summed E-state index contributed by atoms with van der Waals surface area (Å²) in [5, 5.41) is 3.21.